The molecule has 0 fully saturated rings. The van der Waals surface area contributed by atoms with Crippen molar-refractivity contribution in [1.29, 1.82) is 0 Å². The van der Waals surface area contributed by atoms with Crippen LogP contribution >= 0.6 is 11.3 Å². The molecule has 3 aromatic rings. The van der Waals surface area contributed by atoms with E-state index in [2.05, 4.69) is 10.3 Å². The fraction of sp³-hybridized carbons (Fsp3) is 0.188. The predicted molar refractivity (Wildman–Crippen MR) is 86.7 cm³/mol. The number of methoxy groups -OCH3 is 2. The van der Waals surface area contributed by atoms with Gasteiger partial charge in [0.2, 0.25) is 0 Å². The Bertz CT molecular complexity index is 738. The summed E-state index contributed by atoms with van der Waals surface area (Å²) in [6.07, 6.45) is 1.66. The van der Waals surface area contributed by atoms with Crippen LogP contribution in [0.15, 0.2) is 46.4 Å². The van der Waals surface area contributed by atoms with E-state index in [1.165, 1.54) is 11.3 Å². The molecule has 6 heteroatoms. The van der Waals surface area contributed by atoms with Crippen molar-refractivity contribution < 1.29 is 13.9 Å². The Hall–Kier alpha value is -2.47. The van der Waals surface area contributed by atoms with Gasteiger partial charge in [0.15, 0.2) is 5.13 Å². The normalized spacial score (nSPS) is 10.5. The molecule has 1 N–H and O–H groups in total. The summed E-state index contributed by atoms with van der Waals surface area (Å²) >= 11 is 1.54. The first kappa shape index (κ1) is 14.5. The molecule has 0 aliphatic rings. The summed E-state index contributed by atoms with van der Waals surface area (Å²) in [4.78, 5) is 4.59. The van der Waals surface area contributed by atoms with Gasteiger partial charge in [0.05, 0.1) is 32.7 Å². The van der Waals surface area contributed by atoms with Crippen LogP contribution in [0, 0.1) is 0 Å². The van der Waals surface area contributed by atoms with Crippen LogP contribution in [0.25, 0.3) is 11.3 Å². The van der Waals surface area contributed by atoms with Crippen molar-refractivity contribution in [3.8, 4) is 22.8 Å². The van der Waals surface area contributed by atoms with Crippen molar-refractivity contribution in [2.45, 2.75) is 6.54 Å². The molecule has 0 amide bonds. The van der Waals surface area contributed by atoms with E-state index < -0.39 is 0 Å². The summed E-state index contributed by atoms with van der Waals surface area (Å²) in [5.74, 6) is 2.41. The van der Waals surface area contributed by atoms with Gasteiger partial charge in [0.25, 0.3) is 0 Å². The van der Waals surface area contributed by atoms with E-state index in [9.17, 15) is 0 Å². The molecule has 0 aliphatic heterocycles. The number of hydrogen-bond donors (Lipinski definition) is 1. The van der Waals surface area contributed by atoms with Crippen molar-refractivity contribution >= 4 is 16.5 Å². The first-order valence-electron chi connectivity index (χ1n) is 6.74. The molecule has 0 spiro atoms. The smallest absolute Gasteiger partial charge is 0.183 e. The summed E-state index contributed by atoms with van der Waals surface area (Å²) < 4.78 is 16.0. The van der Waals surface area contributed by atoms with E-state index >= 15 is 0 Å². The van der Waals surface area contributed by atoms with Crippen molar-refractivity contribution in [2.75, 3.05) is 19.5 Å². The Morgan fingerprint density at radius 2 is 2.14 bits per heavy atom. The standard InChI is InChI=1S/C16H16N2O3S/c1-19-11-5-6-15(20-2)13(8-11)14-10-22-16(18-14)17-9-12-4-3-7-21-12/h3-8,10H,9H2,1-2H3,(H,17,18). The second-order valence-electron chi connectivity index (χ2n) is 4.54. The quantitative estimate of drug-likeness (QED) is 0.744. The number of ether oxygens (including phenoxy) is 2. The van der Waals surface area contributed by atoms with Crippen LogP contribution in [0.5, 0.6) is 11.5 Å². The van der Waals surface area contributed by atoms with Crippen LogP contribution in [0.4, 0.5) is 5.13 Å². The Morgan fingerprint density at radius 3 is 2.86 bits per heavy atom. The molecule has 2 aromatic heterocycles. The highest BCUT2D eigenvalue weighted by Gasteiger charge is 2.11. The first-order chi connectivity index (χ1) is 10.8. The third kappa shape index (κ3) is 3.07. The minimum absolute atomic E-state index is 0.606. The average Bonchev–Trinajstić information content (AvgIpc) is 3.23. The van der Waals surface area contributed by atoms with E-state index in [0.717, 1.165) is 33.6 Å². The highest BCUT2D eigenvalue weighted by molar-refractivity contribution is 7.14. The number of furan rings is 1. The zero-order chi connectivity index (χ0) is 15.4. The van der Waals surface area contributed by atoms with Gasteiger partial charge in [-0.1, -0.05) is 0 Å². The van der Waals surface area contributed by atoms with Crippen molar-refractivity contribution in [2.24, 2.45) is 0 Å². The number of aromatic nitrogens is 1. The monoisotopic (exact) mass is 316 g/mol. The molecular formula is C16H16N2O3S. The molecule has 114 valence electrons. The molecule has 2 heterocycles. The van der Waals surface area contributed by atoms with Gasteiger partial charge in [-0.3, -0.25) is 0 Å². The Labute approximate surface area is 132 Å². The third-order valence-electron chi connectivity index (χ3n) is 3.18. The van der Waals surface area contributed by atoms with E-state index in [1.54, 1.807) is 20.5 Å². The minimum atomic E-state index is 0.606. The summed E-state index contributed by atoms with van der Waals surface area (Å²) in [6, 6.07) is 9.45. The minimum Gasteiger partial charge on any atom is -0.497 e. The van der Waals surface area contributed by atoms with E-state index in [4.69, 9.17) is 13.9 Å². The Kier molecular flexibility index (Phi) is 4.29. The number of anilines is 1. The third-order valence-corrected chi connectivity index (χ3v) is 3.98. The Morgan fingerprint density at radius 1 is 1.23 bits per heavy atom. The number of nitrogens with zero attached hydrogens (tertiary/aromatic N) is 1. The summed E-state index contributed by atoms with van der Waals surface area (Å²) in [5, 5.41) is 6.06. The van der Waals surface area contributed by atoms with Gasteiger partial charge in [-0.2, -0.15) is 0 Å². The molecule has 0 saturated carbocycles. The lowest BCUT2D eigenvalue weighted by Crippen LogP contribution is -1.97. The molecule has 0 atom stereocenters. The topological polar surface area (TPSA) is 56.5 Å². The molecule has 3 rings (SSSR count). The second-order valence-corrected chi connectivity index (χ2v) is 5.40. The van der Waals surface area contributed by atoms with Gasteiger partial charge in [0, 0.05) is 10.9 Å². The van der Waals surface area contributed by atoms with E-state index in [1.807, 2.05) is 35.7 Å². The Balaban J connectivity index is 1.80. The van der Waals surface area contributed by atoms with Gasteiger partial charge in [0.1, 0.15) is 17.3 Å². The molecule has 0 radical (unpaired) electrons. The van der Waals surface area contributed by atoms with Crippen LogP contribution in [0.2, 0.25) is 0 Å². The molecule has 0 aliphatic carbocycles. The molecule has 1 aromatic carbocycles. The number of nitrogens with one attached hydrogen (secondary N) is 1. The predicted octanol–water partition coefficient (Wildman–Crippen LogP) is 4.03. The van der Waals surface area contributed by atoms with Crippen molar-refractivity contribution in [1.82, 2.24) is 4.98 Å². The van der Waals surface area contributed by atoms with Crippen LogP contribution in [0.3, 0.4) is 0 Å². The van der Waals surface area contributed by atoms with Crippen molar-refractivity contribution in [3.05, 3.63) is 47.7 Å². The summed E-state index contributed by atoms with van der Waals surface area (Å²) in [7, 11) is 3.29. The van der Waals surface area contributed by atoms with Crippen molar-refractivity contribution in [3.63, 3.8) is 0 Å². The van der Waals surface area contributed by atoms with Crippen LogP contribution < -0.4 is 14.8 Å². The maximum absolute atomic E-state index is 5.40. The second kappa shape index (κ2) is 6.53. The highest BCUT2D eigenvalue weighted by Crippen LogP contribution is 2.35. The van der Waals surface area contributed by atoms with Crippen LogP contribution in [-0.4, -0.2) is 19.2 Å². The van der Waals surface area contributed by atoms with Gasteiger partial charge < -0.3 is 19.2 Å². The first-order valence-corrected chi connectivity index (χ1v) is 7.62. The van der Waals surface area contributed by atoms with E-state index in [-0.39, 0.29) is 0 Å². The van der Waals surface area contributed by atoms with Crippen LogP contribution in [-0.2, 0) is 6.54 Å². The number of thiazole rings is 1. The maximum atomic E-state index is 5.40. The largest absolute Gasteiger partial charge is 0.497 e. The van der Waals surface area contributed by atoms with Crippen LogP contribution in [0.1, 0.15) is 5.76 Å². The SMILES string of the molecule is COc1ccc(OC)c(-c2csc(NCc3ccco3)n2)c1. The molecule has 5 nitrogen and oxygen atoms in total. The van der Waals surface area contributed by atoms with Gasteiger partial charge in [-0.25, -0.2) is 4.98 Å². The van der Waals surface area contributed by atoms with Gasteiger partial charge in [-0.15, -0.1) is 11.3 Å². The zero-order valence-electron chi connectivity index (χ0n) is 12.3. The lowest BCUT2D eigenvalue weighted by molar-refractivity contribution is 0.404. The summed E-state index contributed by atoms with van der Waals surface area (Å²) in [6.45, 7) is 0.606. The summed E-state index contributed by atoms with van der Waals surface area (Å²) in [5.41, 5.74) is 1.76. The highest BCUT2D eigenvalue weighted by atomic mass is 32.1. The number of benzene rings is 1. The molecular weight excluding hydrogens is 300 g/mol. The number of rotatable bonds is 6. The lowest BCUT2D eigenvalue weighted by Gasteiger charge is -2.08. The maximum Gasteiger partial charge on any atom is 0.183 e. The number of hydrogen-bond acceptors (Lipinski definition) is 6. The zero-order valence-corrected chi connectivity index (χ0v) is 13.1. The lowest BCUT2D eigenvalue weighted by atomic mass is 10.1. The fourth-order valence-electron chi connectivity index (χ4n) is 2.07. The molecule has 0 saturated heterocycles. The fourth-order valence-corrected chi connectivity index (χ4v) is 2.78. The average molecular weight is 316 g/mol. The van der Waals surface area contributed by atoms with E-state index in [0.29, 0.717) is 6.54 Å². The molecule has 0 unspecified atom stereocenters. The molecule has 0 bridgehead atoms. The van der Waals surface area contributed by atoms with Gasteiger partial charge in [-0.05, 0) is 30.3 Å². The van der Waals surface area contributed by atoms with Gasteiger partial charge >= 0.3 is 0 Å². The molecule has 22 heavy (non-hydrogen) atoms.